The normalized spacial score (nSPS) is 18.0. The Morgan fingerprint density at radius 3 is 2.41 bits per heavy atom. The predicted octanol–water partition coefficient (Wildman–Crippen LogP) is 2.93. The first-order chi connectivity index (χ1) is 10.4. The van der Waals surface area contributed by atoms with Gasteiger partial charge in [-0.25, -0.2) is 0 Å². The number of hydrogen-bond donors (Lipinski definition) is 1. The molecule has 1 aromatic carbocycles. The van der Waals surface area contributed by atoms with Crippen LogP contribution in [-0.2, 0) is 4.79 Å². The van der Waals surface area contributed by atoms with Crippen LogP contribution in [0, 0.1) is 13.8 Å². The van der Waals surface area contributed by atoms with Crippen LogP contribution in [0.5, 0.6) is 5.75 Å². The molecule has 1 N–H and O–H groups in total. The molecule has 0 aromatic heterocycles. The van der Waals surface area contributed by atoms with Gasteiger partial charge in [-0.05, 0) is 77.0 Å². The van der Waals surface area contributed by atoms with Gasteiger partial charge in [-0.15, -0.1) is 0 Å². The minimum absolute atomic E-state index is 0.0557. The number of rotatable bonds is 4. The van der Waals surface area contributed by atoms with Gasteiger partial charge in [0, 0.05) is 11.1 Å². The van der Waals surface area contributed by atoms with E-state index >= 15 is 0 Å². The van der Waals surface area contributed by atoms with Crippen LogP contribution in [0.15, 0.2) is 12.1 Å². The average molecular weight is 325 g/mol. The van der Waals surface area contributed by atoms with Crippen molar-refractivity contribution in [2.45, 2.75) is 45.8 Å². The zero-order chi connectivity index (χ0) is 16.3. The molecule has 1 heterocycles. The third-order valence-electron chi connectivity index (χ3n) is 4.16. The molecule has 1 aromatic rings. The highest BCUT2D eigenvalue weighted by Gasteiger charge is 2.22. The lowest BCUT2D eigenvalue weighted by Gasteiger charge is -2.30. The molecule has 1 unspecified atom stereocenters. The maximum Gasteiger partial charge on any atom is 0.260 e. The Labute approximate surface area is 137 Å². The summed E-state index contributed by atoms with van der Waals surface area (Å²) in [6, 6.07) is 3.99. The highest BCUT2D eigenvalue weighted by molar-refractivity contribution is 6.32. The van der Waals surface area contributed by atoms with Gasteiger partial charge in [-0.2, -0.15) is 0 Å². The van der Waals surface area contributed by atoms with E-state index in [2.05, 4.69) is 17.3 Å². The monoisotopic (exact) mass is 324 g/mol. The van der Waals surface area contributed by atoms with Crippen LogP contribution in [0.3, 0.4) is 0 Å². The fourth-order valence-corrected chi connectivity index (χ4v) is 2.81. The molecule has 0 saturated carbocycles. The molecular formula is C17H25ClN2O2. The third-order valence-corrected chi connectivity index (χ3v) is 4.75. The Morgan fingerprint density at radius 1 is 1.32 bits per heavy atom. The van der Waals surface area contributed by atoms with Crippen molar-refractivity contribution in [2.24, 2.45) is 0 Å². The number of piperidine rings is 1. The standard InChI is InChI=1S/C17H25ClN2O2/c1-11-9-15(10-12(2)16(11)18)22-13(3)17(21)19-14-5-7-20(4)8-6-14/h9-10,13-14H,5-8H2,1-4H3,(H,19,21). The van der Waals surface area contributed by atoms with Crippen molar-refractivity contribution in [3.8, 4) is 5.75 Å². The van der Waals surface area contributed by atoms with E-state index in [1.165, 1.54) is 0 Å². The van der Waals surface area contributed by atoms with E-state index in [9.17, 15) is 4.79 Å². The van der Waals surface area contributed by atoms with Gasteiger partial charge in [0.25, 0.3) is 5.91 Å². The van der Waals surface area contributed by atoms with Gasteiger partial charge in [-0.3, -0.25) is 4.79 Å². The van der Waals surface area contributed by atoms with Gasteiger partial charge < -0.3 is 15.0 Å². The quantitative estimate of drug-likeness (QED) is 0.926. The van der Waals surface area contributed by atoms with Crippen molar-refractivity contribution in [3.63, 3.8) is 0 Å². The van der Waals surface area contributed by atoms with Crippen molar-refractivity contribution in [1.82, 2.24) is 10.2 Å². The summed E-state index contributed by atoms with van der Waals surface area (Å²) in [4.78, 5) is 14.5. The number of benzene rings is 1. The van der Waals surface area contributed by atoms with Crippen LogP contribution in [0.25, 0.3) is 0 Å². The van der Waals surface area contributed by atoms with Crippen LogP contribution < -0.4 is 10.1 Å². The zero-order valence-corrected chi connectivity index (χ0v) is 14.5. The third kappa shape index (κ3) is 4.37. The number of halogens is 1. The summed E-state index contributed by atoms with van der Waals surface area (Å²) >= 11 is 6.15. The van der Waals surface area contributed by atoms with Crippen LogP contribution in [0.4, 0.5) is 0 Å². The summed E-state index contributed by atoms with van der Waals surface area (Å²) < 4.78 is 5.77. The number of carbonyl (C=O) groups excluding carboxylic acids is 1. The number of hydrogen-bond acceptors (Lipinski definition) is 3. The van der Waals surface area contributed by atoms with Crippen molar-refractivity contribution < 1.29 is 9.53 Å². The number of amides is 1. The maximum atomic E-state index is 12.3. The van der Waals surface area contributed by atoms with Crippen LogP contribution in [0.2, 0.25) is 5.02 Å². The first-order valence-corrected chi connectivity index (χ1v) is 8.17. The molecule has 4 nitrogen and oxygen atoms in total. The van der Waals surface area contributed by atoms with Crippen molar-refractivity contribution in [3.05, 3.63) is 28.3 Å². The molecule has 1 amide bonds. The van der Waals surface area contributed by atoms with E-state index in [4.69, 9.17) is 16.3 Å². The number of nitrogens with zero attached hydrogens (tertiary/aromatic N) is 1. The van der Waals surface area contributed by atoms with Gasteiger partial charge in [0.05, 0.1) is 0 Å². The Hall–Kier alpha value is -1.26. The van der Waals surface area contributed by atoms with E-state index in [1.807, 2.05) is 26.0 Å². The lowest BCUT2D eigenvalue weighted by molar-refractivity contribution is -0.128. The number of ether oxygens (including phenoxy) is 1. The first-order valence-electron chi connectivity index (χ1n) is 7.79. The van der Waals surface area contributed by atoms with Gasteiger partial charge in [-0.1, -0.05) is 11.6 Å². The fraction of sp³-hybridized carbons (Fsp3) is 0.588. The molecule has 0 radical (unpaired) electrons. The second kappa shape index (κ2) is 7.34. The Bertz CT molecular complexity index is 516. The second-order valence-electron chi connectivity index (χ2n) is 6.22. The minimum Gasteiger partial charge on any atom is -0.481 e. The molecule has 0 aliphatic carbocycles. The first kappa shape index (κ1) is 17.1. The Kier molecular flexibility index (Phi) is 5.70. The molecule has 0 spiro atoms. The lowest BCUT2D eigenvalue weighted by Crippen LogP contribution is -2.47. The molecule has 1 saturated heterocycles. The summed E-state index contributed by atoms with van der Waals surface area (Å²) in [6.07, 6.45) is 1.47. The van der Waals surface area contributed by atoms with Crippen molar-refractivity contribution in [1.29, 1.82) is 0 Å². The highest BCUT2D eigenvalue weighted by Crippen LogP contribution is 2.26. The van der Waals surface area contributed by atoms with Gasteiger partial charge >= 0.3 is 0 Å². The molecular weight excluding hydrogens is 300 g/mol. The fourth-order valence-electron chi connectivity index (χ4n) is 2.70. The molecule has 122 valence electrons. The minimum atomic E-state index is -0.514. The SMILES string of the molecule is Cc1cc(OC(C)C(=O)NC2CCN(C)CC2)cc(C)c1Cl. The highest BCUT2D eigenvalue weighted by atomic mass is 35.5. The Balaban J connectivity index is 1.91. The predicted molar refractivity (Wildman–Crippen MR) is 89.7 cm³/mol. The molecule has 2 rings (SSSR count). The van der Waals surface area contributed by atoms with Crippen LogP contribution in [0.1, 0.15) is 30.9 Å². The molecule has 0 bridgehead atoms. The maximum absolute atomic E-state index is 12.3. The lowest BCUT2D eigenvalue weighted by atomic mass is 10.1. The summed E-state index contributed by atoms with van der Waals surface area (Å²) in [5.41, 5.74) is 1.92. The number of carbonyl (C=O) groups is 1. The molecule has 1 atom stereocenters. The van der Waals surface area contributed by atoms with Crippen LogP contribution >= 0.6 is 11.6 Å². The number of aryl methyl sites for hydroxylation is 2. The topological polar surface area (TPSA) is 41.6 Å². The molecule has 5 heteroatoms. The van der Waals surface area contributed by atoms with Crippen molar-refractivity contribution >= 4 is 17.5 Å². The number of nitrogens with one attached hydrogen (secondary N) is 1. The molecule has 22 heavy (non-hydrogen) atoms. The van der Waals surface area contributed by atoms with E-state index < -0.39 is 6.10 Å². The van der Waals surface area contributed by atoms with E-state index in [0.29, 0.717) is 5.75 Å². The van der Waals surface area contributed by atoms with E-state index in [0.717, 1.165) is 42.1 Å². The summed E-state index contributed by atoms with van der Waals surface area (Å²) in [5, 5.41) is 3.83. The summed E-state index contributed by atoms with van der Waals surface area (Å²) in [6.45, 7) is 7.70. The number of likely N-dealkylation sites (tertiary alicyclic amines) is 1. The second-order valence-corrected chi connectivity index (χ2v) is 6.60. The van der Waals surface area contributed by atoms with Gasteiger partial charge in [0.2, 0.25) is 0 Å². The van der Waals surface area contributed by atoms with Crippen LogP contribution in [-0.4, -0.2) is 43.1 Å². The largest absolute Gasteiger partial charge is 0.481 e. The Morgan fingerprint density at radius 2 is 1.86 bits per heavy atom. The summed E-state index contributed by atoms with van der Waals surface area (Å²) in [5.74, 6) is 0.630. The molecule has 1 aliphatic rings. The van der Waals surface area contributed by atoms with E-state index in [-0.39, 0.29) is 11.9 Å². The average Bonchev–Trinajstić information content (AvgIpc) is 2.47. The zero-order valence-electron chi connectivity index (χ0n) is 13.8. The van der Waals surface area contributed by atoms with Gasteiger partial charge in [0.15, 0.2) is 6.10 Å². The smallest absolute Gasteiger partial charge is 0.260 e. The van der Waals surface area contributed by atoms with E-state index in [1.54, 1.807) is 6.92 Å². The molecule has 1 aliphatic heterocycles. The van der Waals surface area contributed by atoms with Gasteiger partial charge in [0.1, 0.15) is 5.75 Å². The molecule has 1 fully saturated rings. The summed E-state index contributed by atoms with van der Waals surface area (Å²) in [7, 11) is 2.11. The van der Waals surface area contributed by atoms with Crippen molar-refractivity contribution in [2.75, 3.05) is 20.1 Å².